The first-order chi connectivity index (χ1) is 4.77. The molecule has 0 atom stereocenters. The minimum atomic E-state index is 0.808. The van der Waals surface area contributed by atoms with E-state index in [0.29, 0.717) is 0 Å². The van der Waals surface area contributed by atoms with Gasteiger partial charge in [0, 0.05) is 4.88 Å². The van der Waals surface area contributed by atoms with Gasteiger partial charge in [0.1, 0.15) is 0 Å². The Kier molecular flexibility index (Phi) is 2.33. The van der Waals surface area contributed by atoms with Crippen LogP contribution in [0.1, 0.15) is 17.4 Å². The van der Waals surface area contributed by atoms with Crippen molar-refractivity contribution >= 4 is 16.3 Å². The van der Waals surface area contributed by atoms with E-state index in [1.807, 2.05) is 0 Å². The zero-order valence-electron chi connectivity index (χ0n) is 6.18. The van der Waals surface area contributed by atoms with E-state index in [1.165, 1.54) is 10.4 Å². The second-order valence-electron chi connectivity index (χ2n) is 2.21. The summed E-state index contributed by atoms with van der Waals surface area (Å²) in [5, 5.41) is 0.937. The van der Waals surface area contributed by atoms with Crippen LogP contribution in [0.2, 0.25) is 0 Å². The van der Waals surface area contributed by atoms with Crippen LogP contribution < -0.4 is 5.73 Å². The molecule has 0 fully saturated rings. The highest BCUT2D eigenvalue weighted by Gasteiger charge is 2.01. The first kappa shape index (κ1) is 7.61. The van der Waals surface area contributed by atoms with E-state index in [1.54, 1.807) is 11.3 Å². The molecule has 0 spiro atoms. The Labute approximate surface area is 65.9 Å². The van der Waals surface area contributed by atoms with E-state index in [2.05, 4.69) is 19.9 Å². The van der Waals surface area contributed by atoms with E-state index in [-0.39, 0.29) is 0 Å². The molecule has 0 aromatic carbocycles. The van der Waals surface area contributed by atoms with E-state index in [4.69, 9.17) is 5.73 Å². The largest absolute Gasteiger partial charge is 0.390 e. The summed E-state index contributed by atoms with van der Waals surface area (Å²) in [5.74, 6) is 0. The number of hydrogen-bond acceptors (Lipinski definition) is 2. The van der Waals surface area contributed by atoms with Crippen LogP contribution >= 0.6 is 11.3 Å². The molecule has 0 aliphatic heterocycles. The van der Waals surface area contributed by atoms with Gasteiger partial charge in [-0.05, 0) is 31.4 Å². The fraction of sp³-hybridized carbons (Fsp3) is 0.375. The topological polar surface area (TPSA) is 26.0 Å². The van der Waals surface area contributed by atoms with E-state index in [0.717, 1.165) is 17.8 Å². The van der Waals surface area contributed by atoms with Crippen LogP contribution in [-0.4, -0.2) is 0 Å². The van der Waals surface area contributed by atoms with Crippen LogP contribution in [0.25, 0.3) is 0 Å². The van der Waals surface area contributed by atoms with Crippen LogP contribution in [0.3, 0.4) is 0 Å². The van der Waals surface area contributed by atoms with Crippen LogP contribution in [0, 0.1) is 6.92 Å². The Hall–Kier alpha value is -0.500. The lowest BCUT2D eigenvalue weighted by Crippen LogP contribution is -1.84. The maximum Gasteiger partial charge on any atom is 0.0891 e. The molecule has 2 heteroatoms. The zero-order chi connectivity index (χ0) is 7.56. The molecule has 0 saturated carbocycles. The normalized spacial score (nSPS) is 10.2. The lowest BCUT2D eigenvalue weighted by molar-refractivity contribution is 1.17. The molecule has 1 heterocycles. The second-order valence-corrected chi connectivity index (χ2v) is 3.37. The maximum atomic E-state index is 5.71. The summed E-state index contributed by atoms with van der Waals surface area (Å²) >= 11 is 1.68. The fourth-order valence-corrected chi connectivity index (χ4v) is 1.79. The smallest absolute Gasteiger partial charge is 0.0891 e. The number of aryl methyl sites for hydroxylation is 1. The summed E-state index contributed by atoms with van der Waals surface area (Å²) in [4.78, 5) is 1.36. The van der Waals surface area contributed by atoms with Crippen molar-refractivity contribution in [1.29, 1.82) is 0 Å². The molecular weight excluding hydrogens is 142 g/mol. The van der Waals surface area contributed by atoms with Crippen molar-refractivity contribution in [2.24, 2.45) is 0 Å². The third-order valence-corrected chi connectivity index (χ3v) is 2.66. The molecule has 1 radical (unpaired) electrons. The number of anilines is 1. The van der Waals surface area contributed by atoms with E-state index >= 15 is 0 Å². The van der Waals surface area contributed by atoms with Gasteiger partial charge in [-0.25, -0.2) is 0 Å². The molecule has 0 bridgehead atoms. The van der Waals surface area contributed by atoms with Crippen molar-refractivity contribution in [2.75, 3.05) is 5.73 Å². The number of nitrogens with two attached hydrogens (primary N) is 1. The molecule has 0 aliphatic rings. The molecule has 1 aromatic rings. The van der Waals surface area contributed by atoms with Gasteiger partial charge in [-0.1, -0.05) is 6.92 Å². The molecule has 0 amide bonds. The van der Waals surface area contributed by atoms with Crippen molar-refractivity contribution in [3.63, 3.8) is 0 Å². The Balaban J connectivity index is 2.92. The summed E-state index contributed by atoms with van der Waals surface area (Å²) in [7, 11) is 0. The van der Waals surface area contributed by atoms with Gasteiger partial charge in [0.2, 0.25) is 0 Å². The quantitative estimate of drug-likeness (QED) is 0.694. The van der Waals surface area contributed by atoms with Crippen LogP contribution in [0.15, 0.2) is 6.07 Å². The van der Waals surface area contributed by atoms with E-state index in [9.17, 15) is 0 Å². The molecule has 0 unspecified atom stereocenters. The summed E-state index contributed by atoms with van der Waals surface area (Å²) in [6.07, 6.45) is 1.89. The van der Waals surface area contributed by atoms with Gasteiger partial charge in [-0.3, -0.25) is 0 Å². The Morgan fingerprint density at radius 1 is 1.70 bits per heavy atom. The SMILES string of the molecule is [CH2]Cc1cc(CC)sc1N. The van der Waals surface area contributed by atoms with Gasteiger partial charge in [0.05, 0.1) is 5.00 Å². The maximum absolute atomic E-state index is 5.71. The van der Waals surface area contributed by atoms with Crippen molar-refractivity contribution in [2.45, 2.75) is 19.8 Å². The second kappa shape index (κ2) is 3.06. The molecule has 0 saturated heterocycles. The van der Waals surface area contributed by atoms with Crippen LogP contribution in [-0.2, 0) is 12.8 Å². The van der Waals surface area contributed by atoms with E-state index < -0.39 is 0 Å². The lowest BCUT2D eigenvalue weighted by Gasteiger charge is -1.88. The van der Waals surface area contributed by atoms with Crippen molar-refractivity contribution in [1.82, 2.24) is 0 Å². The lowest BCUT2D eigenvalue weighted by atomic mass is 10.2. The monoisotopic (exact) mass is 154 g/mol. The third kappa shape index (κ3) is 1.32. The standard InChI is InChI=1S/C8H12NS/c1-3-6-5-7(4-2)10-8(6)9/h5H,1,3-4,9H2,2H3. The van der Waals surface area contributed by atoms with Gasteiger partial charge < -0.3 is 5.73 Å². The minimum Gasteiger partial charge on any atom is -0.390 e. The predicted octanol–water partition coefficient (Wildman–Crippen LogP) is 2.27. The Bertz CT molecular complexity index is 215. The highest BCUT2D eigenvalue weighted by Crippen LogP contribution is 2.25. The molecule has 10 heavy (non-hydrogen) atoms. The van der Waals surface area contributed by atoms with Gasteiger partial charge >= 0.3 is 0 Å². The number of hydrogen-bond donors (Lipinski definition) is 1. The average molecular weight is 154 g/mol. The van der Waals surface area contributed by atoms with Gasteiger partial charge in [-0.2, -0.15) is 0 Å². The predicted molar refractivity (Wildman–Crippen MR) is 47.2 cm³/mol. The summed E-state index contributed by atoms with van der Waals surface area (Å²) in [6, 6.07) is 2.15. The number of thiophene rings is 1. The zero-order valence-corrected chi connectivity index (χ0v) is 7.00. The third-order valence-electron chi connectivity index (χ3n) is 1.51. The highest BCUT2D eigenvalue weighted by molar-refractivity contribution is 7.16. The van der Waals surface area contributed by atoms with Crippen LogP contribution in [0.4, 0.5) is 5.00 Å². The van der Waals surface area contributed by atoms with Crippen molar-refractivity contribution in [3.05, 3.63) is 23.4 Å². The molecule has 2 N–H and O–H groups in total. The fourth-order valence-electron chi connectivity index (χ4n) is 0.871. The van der Waals surface area contributed by atoms with Gasteiger partial charge in [-0.15, -0.1) is 11.3 Å². The summed E-state index contributed by atoms with van der Waals surface area (Å²) in [5.41, 5.74) is 6.90. The van der Waals surface area contributed by atoms with Crippen molar-refractivity contribution < 1.29 is 0 Å². The van der Waals surface area contributed by atoms with Crippen molar-refractivity contribution in [3.8, 4) is 0 Å². The molecular formula is C8H12NS. The first-order valence-corrected chi connectivity index (χ1v) is 4.25. The summed E-state index contributed by atoms with van der Waals surface area (Å²) in [6.45, 7) is 5.93. The molecule has 1 nitrogen and oxygen atoms in total. The molecule has 55 valence electrons. The molecule has 0 aliphatic carbocycles. The van der Waals surface area contributed by atoms with Gasteiger partial charge in [0.15, 0.2) is 0 Å². The Morgan fingerprint density at radius 2 is 2.40 bits per heavy atom. The first-order valence-electron chi connectivity index (χ1n) is 3.44. The highest BCUT2D eigenvalue weighted by atomic mass is 32.1. The summed E-state index contributed by atoms with van der Waals surface area (Å²) < 4.78 is 0. The van der Waals surface area contributed by atoms with Crippen LogP contribution in [0.5, 0.6) is 0 Å². The number of rotatable bonds is 2. The Morgan fingerprint density at radius 3 is 2.70 bits per heavy atom. The molecule has 1 rings (SSSR count). The average Bonchev–Trinajstić information content (AvgIpc) is 2.30. The van der Waals surface area contributed by atoms with Gasteiger partial charge in [0.25, 0.3) is 0 Å². The number of nitrogen functional groups attached to an aromatic ring is 1. The molecule has 1 aromatic heterocycles. The minimum absolute atomic E-state index is 0.808.